The van der Waals surface area contributed by atoms with Crippen LogP contribution in [0.4, 0.5) is 4.39 Å². The van der Waals surface area contributed by atoms with Crippen LogP contribution < -0.4 is 4.74 Å². The summed E-state index contributed by atoms with van der Waals surface area (Å²) < 4.78 is 18.5. The Morgan fingerprint density at radius 1 is 1.17 bits per heavy atom. The molecule has 0 bridgehead atoms. The van der Waals surface area contributed by atoms with Crippen LogP contribution >= 0.6 is 11.6 Å². The molecular weight excluding hydrogens is 317 g/mol. The van der Waals surface area contributed by atoms with Crippen LogP contribution in [0.3, 0.4) is 0 Å². The number of para-hydroxylation sites is 1. The van der Waals surface area contributed by atoms with Gasteiger partial charge in [0.25, 0.3) is 0 Å². The zero-order valence-electron chi connectivity index (χ0n) is 13.2. The van der Waals surface area contributed by atoms with Gasteiger partial charge in [0, 0.05) is 12.6 Å². The molecule has 2 aromatic rings. The maximum absolute atomic E-state index is 13.0. The van der Waals surface area contributed by atoms with E-state index in [0.717, 1.165) is 5.56 Å². The van der Waals surface area contributed by atoms with E-state index in [1.165, 1.54) is 12.1 Å². The Morgan fingerprint density at radius 3 is 2.48 bits per heavy atom. The van der Waals surface area contributed by atoms with Crippen LogP contribution in [0.25, 0.3) is 0 Å². The van der Waals surface area contributed by atoms with Crippen LogP contribution in [0, 0.1) is 5.82 Å². The van der Waals surface area contributed by atoms with E-state index in [0.29, 0.717) is 17.3 Å². The Balaban J connectivity index is 1.85. The van der Waals surface area contributed by atoms with Gasteiger partial charge >= 0.3 is 0 Å². The highest BCUT2D eigenvalue weighted by Crippen LogP contribution is 2.23. The lowest BCUT2D eigenvalue weighted by atomic mass is 10.1. The van der Waals surface area contributed by atoms with Crippen LogP contribution in [0.2, 0.25) is 5.02 Å². The second kappa shape index (κ2) is 8.29. The first-order valence-electron chi connectivity index (χ1n) is 7.48. The van der Waals surface area contributed by atoms with Crippen molar-refractivity contribution >= 4 is 11.6 Å². The monoisotopic (exact) mass is 337 g/mol. The fourth-order valence-electron chi connectivity index (χ4n) is 2.29. The van der Waals surface area contributed by atoms with Gasteiger partial charge in [-0.2, -0.15) is 0 Å². The van der Waals surface area contributed by atoms with E-state index in [2.05, 4.69) is 0 Å². The van der Waals surface area contributed by atoms with Gasteiger partial charge in [0.15, 0.2) is 0 Å². The lowest BCUT2D eigenvalue weighted by molar-refractivity contribution is 0.0654. The Labute approximate surface area is 141 Å². The summed E-state index contributed by atoms with van der Waals surface area (Å²) in [6.07, 6.45) is -0.654. The number of hydrogen-bond donors (Lipinski definition) is 1. The molecule has 2 rings (SSSR count). The second-order valence-electron chi connectivity index (χ2n) is 5.56. The summed E-state index contributed by atoms with van der Waals surface area (Å²) in [5.74, 6) is 0.305. The molecule has 5 heteroatoms. The molecular formula is C18H21ClFNO2. The molecule has 2 aromatic carbocycles. The molecule has 0 amide bonds. The number of likely N-dealkylation sites (N-methyl/N-ethyl adjacent to an activating group) is 1. The summed E-state index contributed by atoms with van der Waals surface area (Å²) in [6, 6.07) is 13.6. The Kier molecular flexibility index (Phi) is 6.39. The predicted octanol–water partition coefficient (Wildman–Crippen LogP) is 3.91. The van der Waals surface area contributed by atoms with Gasteiger partial charge < -0.3 is 9.84 Å². The van der Waals surface area contributed by atoms with Gasteiger partial charge in [-0.15, -0.1) is 0 Å². The number of aliphatic hydroxyl groups is 1. The molecule has 3 nitrogen and oxygen atoms in total. The van der Waals surface area contributed by atoms with Crippen molar-refractivity contribution in [3.05, 3.63) is 64.9 Å². The molecule has 0 fully saturated rings. The maximum Gasteiger partial charge on any atom is 0.138 e. The van der Waals surface area contributed by atoms with E-state index < -0.39 is 6.10 Å². The average molecular weight is 338 g/mol. The molecule has 0 aliphatic rings. The van der Waals surface area contributed by atoms with Gasteiger partial charge in [-0.25, -0.2) is 4.39 Å². The molecule has 124 valence electrons. The predicted molar refractivity (Wildman–Crippen MR) is 90.4 cm³/mol. The van der Waals surface area contributed by atoms with Gasteiger partial charge in [0.05, 0.1) is 5.02 Å². The van der Waals surface area contributed by atoms with Crippen LogP contribution in [-0.2, 0) is 0 Å². The van der Waals surface area contributed by atoms with Crippen molar-refractivity contribution in [2.75, 3.05) is 20.2 Å². The zero-order valence-corrected chi connectivity index (χ0v) is 14.0. The van der Waals surface area contributed by atoms with Crippen LogP contribution in [0.1, 0.15) is 18.5 Å². The van der Waals surface area contributed by atoms with E-state index in [4.69, 9.17) is 16.3 Å². The Hall–Kier alpha value is -1.62. The smallest absolute Gasteiger partial charge is 0.138 e. The third-order valence-electron chi connectivity index (χ3n) is 3.78. The molecule has 0 saturated heterocycles. The van der Waals surface area contributed by atoms with Gasteiger partial charge in [-0.3, -0.25) is 4.90 Å². The van der Waals surface area contributed by atoms with Crippen LogP contribution in [-0.4, -0.2) is 36.3 Å². The molecule has 23 heavy (non-hydrogen) atoms. The van der Waals surface area contributed by atoms with Crippen molar-refractivity contribution in [2.24, 2.45) is 0 Å². The molecule has 0 heterocycles. The van der Waals surface area contributed by atoms with E-state index in [1.54, 1.807) is 24.3 Å². The van der Waals surface area contributed by atoms with Gasteiger partial charge in [0.1, 0.15) is 24.3 Å². The molecule has 2 unspecified atom stereocenters. The Bertz CT molecular complexity index is 621. The van der Waals surface area contributed by atoms with E-state index in [9.17, 15) is 9.50 Å². The van der Waals surface area contributed by atoms with Crippen molar-refractivity contribution in [1.29, 1.82) is 0 Å². The number of nitrogens with zero attached hydrogens (tertiary/aromatic N) is 1. The third kappa shape index (κ3) is 5.20. The zero-order chi connectivity index (χ0) is 16.8. The molecule has 0 aliphatic carbocycles. The summed E-state index contributed by atoms with van der Waals surface area (Å²) in [4.78, 5) is 1.99. The van der Waals surface area contributed by atoms with Crippen molar-refractivity contribution in [2.45, 2.75) is 19.1 Å². The molecule has 0 spiro atoms. The van der Waals surface area contributed by atoms with Crippen molar-refractivity contribution in [3.63, 3.8) is 0 Å². The topological polar surface area (TPSA) is 32.7 Å². The number of halogens is 2. The summed E-state index contributed by atoms with van der Waals surface area (Å²) in [6.45, 7) is 2.60. The summed E-state index contributed by atoms with van der Waals surface area (Å²) in [7, 11) is 1.91. The van der Waals surface area contributed by atoms with E-state index >= 15 is 0 Å². The standard InChI is InChI=1S/C18H21ClFNO2/c1-13(14-7-9-15(20)10-8-14)21(2)11-16(22)12-23-18-6-4-3-5-17(18)19/h3-10,13,16,22H,11-12H2,1-2H3. The number of aliphatic hydroxyl groups excluding tert-OH is 1. The molecule has 0 saturated carbocycles. The highest BCUT2D eigenvalue weighted by atomic mass is 35.5. The first-order chi connectivity index (χ1) is 11.0. The molecule has 0 aliphatic heterocycles. The Morgan fingerprint density at radius 2 is 1.83 bits per heavy atom. The normalized spacial score (nSPS) is 13.8. The summed E-state index contributed by atoms with van der Waals surface area (Å²) in [5.41, 5.74) is 0.994. The third-order valence-corrected chi connectivity index (χ3v) is 4.09. The number of ether oxygens (including phenoxy) is 1. The second-order valence-corrected chi connectivity index (χ2v) is 5.97. The minimum atomic E-state index is -0.654. The first kappa shape index (κ1) is 17.7. The quantitative estimate of drug-likeness (QED) is 0.831. The minimum Gasteiger partial charge on any atom is -0.489 e. The summed E-state index contributed by atoms with van der Waals surface area (Å²) in [5, 5.41) is 10.7. The van der Waals surface area contributed by atoms with Crippen molar-refractivity contribution < 1.29 is 14.2 Å². The number of benzene rings is 2. The highest BCUT2D eigenvalue weighted by Gasteiger charge is 2.16. The van der Waals surface area contributed by atoms with Crippen LogP contribution in [0.5, 0.6) is 5.75 Å². The van der Waals surface area contributed by atoms with Crippen molar-refractivity contribution in [3.8, 4) is 5.75 Å². The number of hydrogen-bond acceptors (Lipinski definition) is 3. The fraction of sp³-hybridized carbons (Fsp3) is 0.333. The maximum atomic E-state index is 13.0. The minimum absolute atomic E-state index is 0.0607. The van der Waals surface area contributed by atoms with E-state index in [1.807, 2.05) is 31.0 Å². The summed E-state index contributed by atoms with van der Waals surface area (Å²) >= 11 is 6.01. The molecule has 0 aromatic heterocycles. The highest BCUT2D eigenvalue weighted by molar-refractivity contribution is 6.32. The van der Waals surface area contributed by atoms with Crippen LogP contribution in [0.15, 0.2) is 48.5 Å². The lowest BCUT2D eigenvalue weighted by Gasteiger charge is -2.27. The van der Waals surface area contributed by atoms with Gasteiger partial charge in [-0.1, -0.05) is 35.9 Å². The lowest BCUT2D eigenvalue weighted by Crippen LogP contribution is -2.34. The average Bonchev–Trinajstić information content (AvgIpc) is 2.54. The van der Waals surface area contributed by atoms with Crippen molar-refractivity contribution in [1.82, 2.24) is 4.90 Å². The largest absolute Gasteiger partial charge is 0.489 e. The molecule has 2 atom stereocenters. The van der Waals surface area contributed by atoms with E-state index in [-0.39, 0.29) is 18.5 Å². The SMILES string of the molecule is CC(c1ccc(F)cc1)N(C)CC(O)COc1ccccc1Cl. The first-order valence-corrected chi connectivity index (χ1v) is 7.86. The molecule has 0 radical (unpaired) electrons. The fourth-order valence-corrected chi connectivity index (χ4v) is 2.48. The number of rotatable bonds is 7. The van der Waals surface area contributed by atoms with Gasteiger partial charge in [0.2, 0.25) is 0 Å². The molecule has 1 N–H and O–H groups in total. The van der Waals surface area contributed by atoms with Gasteiger partial charge in [-0.05, 0) is 43.8 Å².